The summed E-state index contributed by atoms with van der Waals surface area (Å²) in [7, 11) is 0. The number of esters is 2. The molecule has 1 aromatic carbocycles. The van der Waals surface area contributed by atoms with E-state index in [0.29, 0.717) is 17.7 Å². The van der Waals surface area contributed by atoms with Crippen LogP contribution in [0.3, 0.4) is 0 Å². The van der Waals surface area contributed by atoms with Crippen molar-refractivity contribution >= 4 is 29.3 Å². The second kappa shape index (κ2) is 6.23. The van der Waals surface area contributed by atoms with E-state index in [-0.39, 0.29) is 29.7 Å². The second-order valence-electron chi connectivity index (χ2n) is 7.22. The van der Waals surface area contributed by atoms with Crippen LogP contribution < -0.4 is 5.32 Å². The Labute approximate surface area is 150 Å². The molecule has 3 fully saturated rings. The van der Waals surface area contributed by atoms with Gasteiger partial charge >= 0.3 is 11.9 Å². The van der Waals surface area contributed by atoms with Crippen LogP contribution >= 0.6 is 0 Å². The van der Waals surface area contributed by atoms with Crippen LogP contribution in [0.1, 0.15) is 30.1 Å². The first-order chi connectivity index (χ1) is 12.4. The van der Waals surface area contributed by atoms with Gasteiger partial charge in [0.25, 0.3) is 5.91 Å². The summed E-state index contributed by atoms with van der Waals surface area (Å²) in [6.07, 6.45) is 1.47. The van der Waals surface area contributed by atoms with E-state index in [4.69, 9.17) is 9.47 Å². The smallest absolute Gasteiger partial charge is 0.310 e. The number of hydrogen-bond acceptors (Lipinski definition) is 6. The van der Waals surface area contributed by atoms with Crippen LogP contribution in [0.4, 0.5) is 5.69 Å². The summed E-state index contributed by atoms with van der Waals surface area (Å²) in [5, 5.41) is 2.60. The second-order valence-corrected chi connectivity index (χ2v) is 7.22. The maximum absolute atomic E-state index is 12.4. The number of rotatable bonds is 5. The normalized spacial score (nSPS) is 30.8. The molecule has 1 aromatic rings. The first kappa shape index (κ1) is 16.8. The van der Waals surface area contributed by atoms with E-state index in [1.54, 1.807) is 24.3 Å². The molecule has 0 radical (unpaired) electrons. The van der Waals surface area contributed by atoms with Crippen LogP contribution in [-0.4, -0.2) is 36.3 Å². The average Bonchev–Trinajstić information content (AvgIpc) is 3.22. The monoisotopic (exact) mass is 357 g/mol. The first-order valence-electron chi connectivity index (χ1n) is 8.72. The van der Waals surface area contributed by atoms with Gasteiger partial charge < -0.3 is 14.8 Å². The van der Waals surface area contributed by atoms with E-state index in [9.17, 15) is 19.2 Å². The Morgan fingerprint density at radius 1 is 1.27 bits per heavy atom. The number of ketones is 1. The van der Waals surface area contributed by atoms with E-state index in [2.05, 4.69) is 5.32 Å². The lowest BCUT2D eigenvalue weighted by molar-refractivity contribution is -0.157. The van der Waals surface area contributed by atoms with E-state index < -0.39 is 30.3 Å². The Balaban J connectivity index is 1.34. The third-order valence-corrected chi connectivity index (χ3v) is 5.65. The molecule has 5 atom stereocenters. The molecule has 2 bridgehead atoms. The number of ether oxygens (including phenoxy) is 2. The number of anilines is 1. The molecule has 0 spiro atoms. The number of benzene rings is 1. The van der Waals surface area contributed by atoms with Crippen LogP contribution in [0.2, 0.25) is 0 Å². The predicted molar refractivity (Wildman–Crippen MR) is 89.1 cm³/mol. The molecule has 1 saturated heterocycles. The van der Waals surface area contributed by atoms with Gasteiger partial charge in [0.05, 0.1) is 11.8 Å². The molecule has 1 aliphatic heterocycles. The molecule has 4 rings (SSSR count). The highest BCUT2D eigenvalue weighted by Gasteiger charge is 2.64. The molecule has 1 amide bonds. The number of Topliss-reactive ketones (excluding diaryl/α,β-unsaturated/α-hetero) is 1. The number of nitrogens with one attached hydrogen (secondary N) is 1. The zero-order valence-corrected chi connectivity index (χ0v) is 14.3. The van der Waals surface area contributed by atoms with Crippen molar-refractivity contribution in [3.8, 4) is 0 Å². The lowest BCUT2D eigenvalue weighted by Crippen LogP contribution is -2.34. The fourth-order valence-electron chi connectivity index (χ4n) is 4.57. The summed E-state index contributed by atoms with van der Waals surface area (Å²) in [6, 6.07) is 6.53. The number of hydrogen-bond donors (Lipinski definition) is 1. The number of carbonyl (C=O) groups excluding carboxylic acids is 4. The molecule has 1 N–H and O–H groups in total. The average molecular weight is 357 g/mol. The van der Waals surface area contributed by atoms with E-state index in [1.165, 1.54) is 6.92 Å². The van der Waals surface area contributed by atoms with Gasteiger partial charge in [-0.15, -0.1) is 0 Å². The molecule has 3 aliphatic rings. The topological polar surface area (TPSA) is 98.8 Å². The minimum absolute atomic E-state index is 0.0431. The van der Waals surface area contributed by atoms with Crippen molar-refractivity contribution in [1.29, 1.82) is 0 Å². The largest absolute Gasteiger partial charge is 0.462 e. The fourth-order valence-corrected chi connectivity index (χ4v) is 4.57. The van der Waals surface area contributed by atoms with Crippen molar-refractivity contribution in [2.24, 2.45) is 23.7 Å². The van der Waals surface area contributed by atoms with Crippen molar-refractivity contribution in [3.05, 3.63) is 29.8 Å². The Bertz CT molecular complexity index is 801. The highest BCUT2D eigenvalue weighted by atomic mass is 16.6. The van der Waals surface area contributed by atoms with Gasteiger partial charge in [-0.1, -0.05) is 12.1 Å². The fraction of sp³-hybridized carbons (Fsp3) is 0.474. The maximum atomic E-state index is 12.4. The zero-order chi connectivity index (χ0) is 18.4. The third-order valence-electron chi connectivity index (χ3n) is 5.65. The van der Waals surface area contributed by atoms with Crippen LogP contribution in [-0.2, 0) is 23.9 Å². The zero-order valence-electron chi connectivity index (χ0n) is 14.3. The van der Waals surface area contributed by atoms with E-state index >= 15 is 0 Å². The predicted octanol–water partition coefficient (Wildman–Crippen LogP) is 1.57. The van der Waals surface area contributed by atoms with Gasteiger partial charge in [0, 0.05) is 17.2 Å². The highest BCUT2D eigenvalue weighted by molar-refractivity contribution is 5.97. The van der Waals surface area contributed by atoms with E-state index in [0.717, 1.165) is 6.42 Å². The summed E-state index contributed by atoms with van der Waals surface area (Å²) in [5.41, 5.74) is 0.942. The molecule has 2 aliphatic carbocycles. The van der Waals surface area contributed by atoms with Crippen molar-refractivity contribution in [1.82, 2.24) is 0 Å². The molecular weight excluding hydrogens is 338 g/mol. The summed E-state index contributed by atoms with van der Waals surface area (Å²) in [5.74, 6) is -2.11. The van der Waals surface area contributed by atoms with Gasteiger partial charge in [0.2, 0.25) is 0 Å². The minimum Gasteiger partial charge on any atom is -0.462 e. The van der Waals surface area contributed by atoms with Crippen LogP contribution in [0.5, 0.6) is 0 Å². The SMILES string of the molecule is CC(=O)c1cccc(NC(=O)COC(=O)[C@@H]2[C@@H]3C[C@@H]4[C@H]2C(=O)O[C@@H]4C3)c1. The molecule has 7 nitrogen and oxygen atoms in total. The number of carbonyl (C=O) groups is 4. The van der Waals surface area contributed by atoms with Crippen molar-refractivity contribution in [3.63, 3.8) is 0 Å². The Morgan fingerprint density at radius 2 is 2.08 bits per heavy atom. The Kier molecular flexibility index (Phi) is 4.01. The molecule has 0 unspecified atom stereocenters. The molecule has 26 heavy (non-hydrogen) atoms. The molecule has 0 aromatic heterocycles. The Morgan fingerprint density at radius 3 is 2.85 bits per heavy atom. The Hall–Kier alpha value is -2.70. The van der Waals surface area contributed by atoms with Crippen LogP contribution in [0.15, 0.2) is 24.3 Å². The molecule has 7 heteroatoms. The van der Waals surface area contributed by atoms with E-state index in [1.807, 2.05) is 0 Å². The molecular formula is C19H19NO6. The van der Waals surface area contributed by atoms with Crippen molar-refractivity contribution in [2.45, 2.75) is 25.9 Å². The standard InChI is InChI=1S/C19H19NO6/c1-9(21)10-3-2-4-12(5-10)20-15(22)8-25-18(23)16-11-6-13-14(7-11)26-19(24)17(13)16/h2-5,11,13-14,16-17H,6-8H2,1H3,(H,20,22)/t11-,13+,14-,16-,17-/m1/s1. The molecule has 136 valence electrons. The highest BCUT2D eigenvalue weighted by Crippen LogP contribution is 2.57. The molecule has 2 saturated carbocycles. The minimum atomic E-state index is -0.507. The third kappa shape index (κ3) is 2.77. The van der Waals surface area contributed by atoms with Gasteiger partial charge in [-0.05, 0) is 37.8 Å². The van der Waals surface area contributed by atoms with Crippen molar-refractivity contribution in [2.75, 3.05) is 11.9 Å². The van der Waals surface area contributed by atoms with Gasteiger partial charge in [0.1, 0.15) is 6.10 Å². The lowest BCUT2D eigenvalue weighted by atomic mass is 9.80. The quantitative estimate of drug-likeness (QED) is 0.634. The summed E-state index contributed by atoms with van der Waals surface area (Å²) in [4.78, 5) is 47.8. The number of amides is 1. The lowest BCUT2D eigenvalue weighted by Gasteiger charge is -2.22. The molecule has 1 heterocycles. The summed E-state index contributed by atoms with van der Waals surface area (Å²) < 4.78 is 10.5. The van der Waals surface area contributed by atoms with Crippen molar-refractivity contribution < 1.29 is 28.7 Å². The van der Waals surface area contributed by atoms with Gasteiger partial charge in [-0.2, -0.15) is 0 Å². The summed E-state index contributed by atoms with van der Waals surface area (Å²) in [6.45, 7) is 1.01. The van der Waals surface area contributed by atoms with Gasteiger partial charge in [-0.3, -0.25) is 19.2 Å². The van der Waals surface area contributed by atoms with Gasteiger partial charge in [0.15, 0.2) is 12.4 Å². The maximum Gasteiger partial charge on any atom is 0.310 e. The van der Waals surface area contributed by atoms with Crippen LogP contribution in [0.25, 0.3) is 0 Å². The first-order valence-corrected chi connectivity index (χ1v) is 8.72. The number of fused-ring (bicyclic) bond motifs is 1. The van der Waals surface area contributed by atoms with Gasteiger partial charge in [-0.25, -0.2) is 0 Å². The van der Waals surface area contributed by atoms with Crippen LogP contribution in [0, 0.1) is 23.7 Å². The summed E-state index contributed by atoms with van der Waals surface area (Å²) >= 11 is 0.